The fourth-order valence-corrected chi connectivity index (χ4v) is 3.36. The van der Waals surface area contributed by atoms with Crippen LogP contribution in [0.5, 0.6) is 0 Å². The number of ether oxygens (including phenoxy) is 2. The van der Waals surface area contributed by atoms with Crippen molar-refractivity contribution in [1.82, 2.24) is 10.2 Å². The van der Waals surface area contributed by atoms with Crippen molar-refractivity contribution in [1.29, 1.82) is 0 Å². The number of nitrogens with one attached hydrogen (secondary N) is 1. The minimum absolute atomic E-state index is 0. The van der Waals surface area contributed by atoms with E-state index in [1.165, 1.54) is 0 Å². The van der Waals surface area contributed by atoms with Crippen LogP contribution in [-0.2, 0) is 16.0 Å². The second-order valence-corrected chi connectivity index (χ2v) is 6.37. The van der Waals surface area contributed by atoms with E-state index < -0.39 is 0 Å². The van der Waals surface area contributed by atoms with Crippen LogP contribution in [0, 0.1) is 0 Å². The van der Waals surface area contributed by atoms with Crippen LogP contribution < -0.4 is 5.32 Å². The molecule has 0 aromatic heterocycles. The number of morpholine rings is 1. The van der Waals surface area contributed by atoms with E-state index in [0.717, 1.165) is 49.1 Å². The zero-order valence-corrected chi connectivity index (χ0v) is 17.0. The quantitative estimate of drug-likeness (QED) is 0.424. The molecule has 2 aliphatic heterocycles. The van der Waals surface area contributed by atoms with Crippen LogP contribution >= 0.6 is 35.6 Å². The Kier molecular flexibility index (Phi) is 8.06. The van der Waals surface area contributed by atoms with Gasteiger partial charge in [0, 0.05) is 38.3 Å². The van der Waals surface area contributed by atoms with Crippen molar-refractivity contribution in [3.05, 3.63) is 34.9 Å². The van der Waals surface area contributed by atoms with Gasteiger partial charge in [-0.1, -0.05) is 23.7 Å². The van der Waals surface area contributed by atoms with E-state index in [1.54, 1.807) is 0 Å². The second kappa shape index (κ2) is 9.79. The molecule has 0 saturated carbocycles. The molecular weight excluding hydrogens is 441 g/mol. The van der Waals surface area contributed by atoms with Crippen molar-refractivity contribution in [3.63, 3.8) is 0 Å². The topological polar surface area (TPSA) is 46.1 Å². The van der Waals surface area contributed by atoms with Gasteiger partial charge in [-0.05, 0) is 30.5 Å². The summed E-state index contributed by atoms with van der Waals surface area (Å²) in [5, 5.41) is 4.17. The number of hydrogen-bond acceptors (Lipinski definition) is 3. The van der Waals surface area contributed by atoms with Crippen molar-refractivity contribution < 1.29 is 9.47 Å². The van der Waals surface area contributed by atoms with Gasteiger partial charge < -0.3 is 19.7 Å². The van der Waals surface area contributed by atoms with Gasteiger partial charge in [-0.15, -0.1) is 24.0 Å². The number of hydrogen-bond donors (Lipinski definition) is 1. The van der Waals surface area contributed by atoms with Crippen molar-refractivity contribution in [2.75, 3.05) is 33.4 Å². The van der Waals surface area contributed by atoms with E-state index >= 15 is 0 Å². The van der Waals surface area contributed by atoms with Crippen molar-refractivity contribution in [3.8, 4) is 0 Å². The first kappa shape index (κ1) is 19.8. The molecule has 3 rings (SSSR count). The molecule has 5 nitrogen and oxygen atoms in total. The average Bonchev–Trinajstić information content (AvgIpc) is 3.10. The normalized spacial score (nSPS) is 24.6. The van der Waals surface area contributed by atoms with Crippen molar-refractivity contribution in [2.45, 2.75) is 31.6 Å². The SMILES string of the molecule is CN=C(NCc1cccc(Cl)c1)N1CCOC(C2CCCO2)C1.I. The molecule has 2 fully saturated rings. The maximum atomic E-state index is 6.04. The third-order valence-electron chi connectivity index (χ3n) is 4.32. The third kappa shape index (κ3) is 5.21. The molecular formula is C17H25ClIN3O2. The van der Waals surface area contributed by atoms with Crippen molar-refractivity contribution >= 4 is 41.5 Å². The van der Waals surface area contributed by atoms with E-state index in [-0.39, 0.29) is 36.2 Å². The van der Waals surface area contributed by atoms with E-state index in [0.29, 0.717) is 13.2 Å². The Morgan fingerprint density at radius 2 is 2.17 bits per heavy atom. The summed E-state index contributed by atoms with van der Waals surface area (Å²) in [7, 11) is 1.82. The minimum Gasteiger partial charge on any atom is -0.375 e. The van der Waals surface area contributed by atoms with E-state index in [2.05, 4.69) is 21.3 Å². The Hall–Kier alpha value is -0.570. The largest absolute Gasteiger partial charge is 0.375 e. The molecule has 134 valence electrons. The molecule has 2 unspecified atom stereocenters. The highest BCUT2D eigenvalue weighted by atomic mass is 127. The monoisotopic (exact) mass is 465 g/mol. The van der Waals surface area contributed by atoms with Gasteiger partial charge in [0.2, 0.25) is 0 Å². The molecule has 0 aliphatic carbocycles. The highest BCUT2D eigenvalue weighted by Gasteiger charge is 2.32. The van der Waals surface area contributed by atoms with Gasteiger partial charge in [-0.3, -0.25) is 4.99 Å². The lowest BCUT2D eigenvalue weighted by Gasteiger charge is -2.37. The van der Waals surface area contributed by atoms with Gasteiger partial charge in [0.25, 0.3) is 0 Å². The molecule has 1 N–H and O–H groups in total. The first-order valence-electron chi connectivity index (χ1n) is 8.19. The Morgan fingerprint density at radius 3 is 2.88 bits per heavy atom. The number of nitrogens with zero attached hydrogens (tertiary/aromatic N) is 2. The predicted octanol–water partition coefficient (Wildman–Crippen LogP) is 2.91. The average molecular weight is 466 g/mol. The molecule has 0 amide bonds. The number of benzene rings is 1. The van der Waals surface area contributed by atoms with E-state index in [4.69, 9.17) is 21.1 Å². The lowest BCUT2D eigenvalue weighted by molar-refractivity contribution is -0.0817. The first-order valence-corrected chi connectivity index (χ1v) is 8.57. The van der Waals surface area contributed by atoms with Gasteiger partial charge in [0.1, 0.15) is 6.10 Å². The Morgan fingerprint density at radius 1 is 1.33 bits per heavy atom. The zero-order valence-electron chi connectivity index (χ0n) is 13.9. The van der Waals surface area contributed by atoms with Gasteiger partial charge in [-0.25, -0.2) is 0 Å². The maximum absolute atomic E-state index is 6.04. The molecule has 2 heterocycles. The Balaban J connectivity index is 0.00000208. The first-order chi connectivity index (χ1) is 11.3. The van der Waals surface area contributed by atoms with Crippen LogP contribution in [0.2, 0.25) is 5.02 Å². The summed E-state index contributed by atoms with van der Waals surface area (Å²) in [6.45, 7) is 3.93. The number of aliphatic imine (C=N–C) groups is 1. The second-order valence-electron chi connectivity index (χ2n) is 5.94. The highest BCUT2D eigenvalue weighted by Crippen LogP contribution is 2.21. The molecule has 1 aromatic carbocycles. The maximum Gasteiger partial charge on any atom is 0.194 e. The summed E-state index contributed by atoms with van der Waals surface area (Å²) in [4.78, 5) is 6.66. The molecule has 2 saturated heterocycles. The molecule has 2 atom stereocenters. The van der Waals surface area contributed by atoms with Crippen LogP contribution in [0.25, 0.3) is 0 Å². The summed E-state index contributed by atoms with van der Waals surface area (Å²) in [5.41, 5.74) is 1.14. The van der Waals surface area contributed by atoms with Gasteiger partial charge in [0.15, 0.2) is 5.96 Å². The standard InChI is InChI=1S/C17H24ClN3O2.HI/c1-19-17(20-11-13-4-2-5-14(18)10-13)21-7-9-23-16(12-21)15-6-3-8-22-15;/h2,4-5,10,15-16H,3,6-9,11-12H2,1H3,(H,19,20);1H. The number of rotatable bonds is 3. The predicted molar refractivity (Wildman–Crippen MR) is 107 cm³/mol. The molecule has 24 heavy (non-hydrogen) atoms. The number of guanidine groups is 1. The molecule has 1 aromatic rings. The van der Waals surface area contributed by atoms with Gasteiger partial charge in [-0.2, -0.15) is 0 Å². The lowest BCUT2D eigenvalue weighted by atomic mass is 10.1. The van der Waals surface area contributed by atoms with Crippen molar-refractivity contribution in [2.24, 2.45) is 4.99 Å². The van der Waals surface area contributed by atoms with Crippen LogP contribution in [0.15, 0.2) is 29.3 Å². The van der Waals surface area contributed by atoms with Crippen LogP contribution in [-0.4, -0.2) is 56.4 Å². The summed E-state index contributed by atoms with van der Waals surface area (Å²) in [5.74, 6) is 0.899. The fourth-order valence-electron chi connectivity index (χ4n) is 3.15. The van der Waals surface area contributed by atoms with Crippen LogP contribution in [0.1, 0.15) is 18.4 Å². The van der Waals surface area contributed by atoms with E-state index in [1.807, 2.05) is 25.2 Å². The highest BCUT2D eigenvalue weighted by molar-refractivity contribution is 14.0. The van der Waals surface area contributed by atoms with Crippen LogP contribution in [0.3, 0.4) is 0 Å². The van der Waals surface area contributed by atoms with Gasteiger partial charge in [0.05, 0.1) is 12.7 Å². The minimum atomic E-state index is 0. The summed E-state index contributed by atoms with van der Waals surface area (Å²) >= 11 is 6.04. The summed E-state index contributed by atoms with van der Waals surface area (Å²) < 4.78 is 11.7. The fraction of sp³-hybridized carbons (Fsp3) is 0.588. The number of halogens is 2. The molecule has 2 aliphatic rings. The Labute approximate surface area is 165 Å². The zero-order chi connectivity index (χ0) is 16.1. The molecule has 0 bridgehead atoms. The summed E-state index contributed by atoms with van der Waals surface area (Å²) in [6.07, 6.45) is 2.58. The Bertz CT molecular complexity index is 552. The molecule has 0 radical (unpaired) electrons. The van der Waals surface area contributed by atoms with Gasteiger partial charge >= 0.3 is 0 Å². The lowest BCUT2D eigenvalue weighted by Crippen LogP contribution is -2.53. The third-order valence-corrected chi connectivity index (χ3v) is 4.56. The van der Waals surface area contributed by atoms with E-state index in [9.17, 15) is 0 Å². The smallest absolute Gasteiger partial charge is 0.194 e. The molecule has 7 heteroatoms. The molecule has 0 spiro atoms. The van der Waals surface area contributed by atoms with Crippen LogP contribution in [0.4, 0.5) is 0 Å². The summed E-state index contributed by atoms with van der Waals surface area (Å²) in [6, 6.07) is 7.87.